The maximum Gasteiger partial charge on any atom is 0.166 e. The maximum absolute atomic E-state index is 13.4. The number of ketones is 1. The Morgan fingerprint density at radius 1 is 1.00 bits per heavy atom. The summed E-state index contributed by atoms with van der Waals surface area (Å²) in [6, 6.07) is 9.69. The molecule has 0 aliphatic carbocycles. The molecular weight excluding hydrogens is 250 g/mol. The van der Waals surface area contributed by atoms with Crippen LogP contribution in [0.5, 0.6) is 5.75 Å². The minimum atomic E-state index is -0.662. The number of Topliss-reactive ketones (excluding diaryl/α,β-unsaturated/α-hetero) is 1. The fourth-order valence-corrected chi connectivity index (χ4v) is 1.85. The Morgan fingerprint density at radius 2 is 1.63 bits per heavy atom. The van der Waals surface area contributed by atoms with Crippen LogP contribution >= 0.6 is 0 Å². The summed E-state index contributed by atoms with van der Waals surface area (Å²) in [5.74, 6) is -1.79. The van der Waals surface area contributed by atoms with Gasteiger partial charge in [0.05, 0.1) is 5.56 Å². The van der Waals surface area contributed by atoms with Gasteiger partial charge >= 0.3 is 0 Å². The SMILES string of the molecule is O=C(CCc1c(F)cccc1F)c1ccccc1O. The van der Waals surface area contributed by atoms with Gasteiger partial charge in [0, 0.05) is 12.0 Å². The number of carbonyl (C=O) groups excluding carboxylic acids is 1. The molecule has 0 saturated carbocycles. The molecule has 2 nitrogen and oxygen atoms in total. The van der Waals surface area contributed by atoms with Crippen molar-refractivity contribution < 1.29 is 18.7 Å². The number of halogens is 2. The molecule has 0 unspecified atom stereocenters. The van der Waals surface area contributed by atoms with Crippen molar-refractivity contribution in [3.8, 4) is 5.75 Å². The third kappa shape index (κ3) is 2.96. The van der Waals surface area contributed by atoms with Gasteiger partial charge in [0.15, 0.2) is 5.78 Å². The number of para-hydroxylation sites is 1. The standard InChI is InChI=1S/C15H12F2O2/c16-12-5-3-6-13(17)10(12)8-9-15(19)11-4-1-2-7-14(11)18/h1-7,18H,8-9H2. The Morgan fingerprint density at radius 3 is 2.26 bits per heavy atom. The smallest absolute Gasteiger partial charge is 0.166 e. The van der Waals surface area contributed by atoms with E-state index in [1.165, 1.54) is 18.2 Å². The highest BCUT2D eigenvalue weighted by atomic mass is 19.1. The van der Waals surface area contributed by atoms with Gasteiger partial charge in [0.2, 0.25) is 0 Å². The first-order valence-corrected chi connectivity index (χ1v) is 5.83. The van der Waals surface area contributed by atoms with E-state index >= 15 is 0 Å². The van der Waals surface area contributed by atoms with Crippen LogP contribution in [0.25, 0.3) is 0 Å². The molecular formula is C15H12F2O2. The molecule has 0 bridgehead atoms. The Kier molecular flexibility index (Phi) is 3.90. The second kappa shape index (κ2) is 5.61. The fraction of sp³-hybridized carbons (Fsp3) is 0.133. The first-order chi connectivity index (χ1) is 9.09. The summed E-state index contributed by atoms with van der Waals surface area (Å²) in [5, 5.41) is 9.52. The summed E-state index contributed by atoms with van der Waals surface area (Å²) < 4.78 is 26.8. The van der Waals surface area contributed by atoms with Crippen molar-refractivity contribution in [2.45, 2.75) is 12.8 Å². The number of hydrogen-bond acceptors (Lipinski definition) is 2. The number of rotatable bonds is 4. The van der Waals surface area contributed by atoms with Crippen LogP contribution in [-0.2, 0) is 6.42 Å². The van der Waals surface area contributed by atoms with Crippen molar-refractivity contribution in [2.75, 3.05) is 0 Å². The Balaban J connectivity index is 2.11. The molecule has 2 rings (SSSR count). The van der Waals surface area contributed by atoms with Crippen LogP contribution in [0.4, 0.5) is 8.78 Å². The molecule has 0 aliphatic rings. The molecule has 0 atom stereocenters. The van der Waals surface area contributed by atoms with E-state index in [0.29, 0.717) is 0 Å². The largest absolute Gasteiger partial charge is 0.507 e. The van der Waals surface area contributed by atoms with Crippen LogP contribution in [0, 0.1) is 11.6 Å². The molecule has 1 N–H and O–H groups in total. The molecule has 2 aromatic carbocycles. The minimum Gasteiger partial charge on any atom is -0.507 e. The molecule has 0 radical (unpaired) electrons. The second-order valence-electron chi connectivity index (χ2n) is 4.14. The number of aromatic hydroxyl groups is 1. The van der Waals surface area contributed by atoms with Gasteiger partial charge < -0.3 is 5.11 Å². The molecule has 0 fully saturated rings. The zero-order chi connectivity index (χ0) is 13.8. The molecule has 0 aromatic heterocycles. The highest BCUT2D eigenvalue weighted by molar-refractivity contribution is 5.98. The quantitative estimate of drug-likeness (QED) is 0.856. The molecule has 0 amide bonds. The zero-order valence-corrected chi connectivity index (χ0v) is 10.1. The average Bonchev–Trinajstić information content (AvgIpc) is 2.38. The average molecular weight is 262 g/mol. The van der Waals surface area contributed by atoms with Gasteiger partial charge in [-0.05, 0) is 30.7 Å². The molecule has 2 aromatic rings. The van der Waals surface area contributed by atoms with Gasteiger partial charge in [0.1, 0.15) is 17.4 Å². The van der Waals surface area contributed by atoms with Gasteiger partial charge in [-0.2, -0.15) is 0 Å². The summed E-state index contributed by atoms with van der Waals surface area (Å²) in [6.07, 6.45) is -0.0961. The van der Waals surface area contributed by atoms with Gasteiger partial charge in [-0.3, -0.25) is 4.79 Å². The summed E-state index contributed by atoms with van der Waals surface area (Å²) in [4.78, 5) is 11.9. The van der Waals surface area contributed by atoms with Crippen LogP contribution in [0.2, 0.25) is 0 Å². The van der Waals surface area contributed by atoms with Crippen LogP contribution in [0.15, 0.2) is 42.5 Å². The lowest BCUT2D eigenvalue weighted by Gasteiger charge is -2.05. The number of hydrogen-bond donors (Lipinski definition) is 1. The first kappa shape index (κ1) is 13.2. The predicted octanol–water partition coefficient (Wildman–Crippen LogP) is 3.49. The van der Waals surface area contributed by atoms with E-state index in [1.807, 2.05) is 0 Å². The van der Waals surface area contributed by atoms with Crippen LogP contribution in [-0.4, -0.2) is 10.9 Å². The first-order valence-electron chi connectivity index (χ1n) is 5.83. The van der Waals surface area contributed by atoms with Crippen molar-refractivity contribution in [3.05, 3.63) is 65.2 Å². The van der Waals surface area contributed by atoms with Crippen molar-refractivity contribution in [1.82, 2.24) is 0 Å². The number of phenolic OH excluding ortho intramolecular Hbond substituents is 1. The van der Waals surface area contributed by atoms with E-state index in [4.69, 9.17) is 0 Å². The second-order valence-corrected chi connectivity index (χ2v) is 4.14. The summed E-state index contributed by atoms with van der Waals surface area (Å²) >= 11 is 0. The van der Waals surface area contributed by atoms with Crippen molar-refractivity contribution in [1.29, 1.82) is 0 Å². The monoisotopic (exact) mass is 262 g/mol. The third-order valence-electron chi connectivity index (χ3n) is 2.87. The molecule has 4 heteroatoms. The Bertz CT molecular complexity index is 589. The van der Waals surface area contributed by atoms with Gasteiger partial charge in [-0.25, -0.2) is 8.78 Å². The van der Waals surface area contributed by atoms with Crippen LogP contribution in [0.3, 0.4) is 0 Å². The molecule has 98 valence electrons. The van der Waals surface area contributed by atoms with Gasteiger partial charge in [-0.1, -0.05) is 18.2 Å². The Hall–Kier alpha value is -2.23. The topological polar surface area (TPSA) is 37.3 Å². The van der Waals surface area contributed by atoms with Crippen LogP contribution < -0.4 is 0 Å². The molecule has 0 aliphatic heterocycles. The lowest BCUT2D eigenvalue weighted by molar-refractivity contribution is 0.0980. The fourth-order valence-electron chi connectivity index (χ4n) is 1.85. The van der Waals surface area contributed by atoms with Gasteiger partial charge in [-0.15, -0.1) is 0 Å². The lowest BCUT2D eigenvalue weighted by Crippen LogP contribution is -2.04. The van der Waals surface area contributed by atoms with Crippen molar-refractivity contribution >= 4 is 5.78 Å². The lowest BCUT2D eigenvalue weighted by atomic mass is 10.0. The van der Waals surface area contributed by atoms with Crippen molar-refractivity contribution in [3.63, 3.8) is 0 Å². The van der Waals surface area contributed by atoms with E-state index in [1.54, 1.807) is 12.1 Å². The Labute approximate surface area is 109 Å². The zero-order valence-electron chi connectivity index (χ0n) is 10.1. The van der Waals surface area contributed by atoms with Gasteiger partial charge in [0.25, 0.3) is 0 Å². The molecule has 0 spiro atoms. The normalized spacial score (nSPS) is 10.4. The third-order valence-corrected chi connectivity index (χ3v) is 2.87. The minimum absolute atomic E-state index is 0.0360. The van der Waals surface area contributed by atoms with E-state index in [2.05, 4.69) is 0 Å². The number of phenols is 1. The van der Waals surface area contributed by atoms with E-state index in [9.17, 15) is 18.7 Å². The number of carbonyl (C=O) groups is 1. The summed E-state index contributed by atoms with van der Waals surface area (Å²) in [5.41, 5.74) is 0.0607. The van der Waals surface area contributed by atoms with E-state index < -0.39 is 11.6 Å². The molecule has 19 heavy (non-hydrogen) atoms. The van der Waals surface area contributed by atoms with E-state index in [-0.39, 0.29) is 35.5 Å². The summed E-state index contributed by atoms with van der Waals surface area (Å²) in [7, 11) is 0. The molecule has 0 saturated heterocycles. The van der Waals surface area contributed by atoms with E-state index in [0.717, 1.165) is 12.1 Å². The van der Waals surface area contributed by atoms with Crippen LogP contribution in [0.1, 0.15) is 22.3 Å². The predicted molar refractivity (Wildman–Crippen MR) is 67.1 cm³/mol. The number of benzene rings is 2. The highest BCUT2D eigenvalue weighted by Gasteiger charge is 2.14. The van der Waals surface area contributed by atoms with Crippen molar-refractivity contribution in [2.24, 2.45) is 0 Å². The summed E-state index contributed by atoms with van der Waals surface area (Å²) in [6.45, 7) is 0. The molecule has 0 heterocycles. The highest BCUT2D eigenvalue weighted by Crippen LogP contribution is 2.20. The maximum atomic E-state index is 13.4.